The summed E-state index contributed by atoms with van der Waals surface area (Å²) >= 11 is 0. The van der Waals surface area contributed by atoms with Crippen LogP contribution in [0.2, 0.25) is 0 Å². The molecule has 1 aliphatic carbocycles. The molecule has 142 valence electrons. The molecule has 1 aliphatic rings. The highest BCUT2D eigenvalue weighted by atomic mass is 32.2. The molecule has 0 amide bonds. The summed E-state index contributed by atoms with van der Waals surface area (Å²) in [6.45, 7) is 7.25. The van der Waals surface area contributed by atoms with E-state index < -0.39 is 10.0 Å². The highest BCUT2D eigenvalue weighted by Crippen LogP contribution is 2.25. The van der Waals surface area contributed by atoms with E-state index in [1.807, 2.05) is 0 Å². The predicted octanol–water partition coefficient (Wildman–Crippen LogP) is 0.934. The van der Waals surface area contributed by atoms with Crippen LogP contribution in [0.5, 0.6) is 0 Å². The Morgan fingerprint density at radius 3 is 2.50 bits per heavy atom. The van der Waals surface area contributed by atoms with Gasteiger partial charge in [-0.15, -0.1) is 0 Å². The zero-order valence-corrected chi connectivity index (χ0v) is 16.1. The summed E-state index contributed by atoms with van der Waals surface area (Å²) in [7, 11) is -1.55. The normalized spacial score (nSPS) is 16.2. The minimum absolute atomic E-state index is 0.0469. The second-order valence-corrected chi connectivity index (χ2v) is 8.61. The molecule has 0 atom stereocenters. The van der Waals surface area contributed by atoms with Gasteiger partial charge in [0.05, 0.1) is 12.4 Å². The number of ether oxygens (including phenoxy) is 1. The van der Waals surface area contributed by atoms with Crippen molar-refractivity contribution in [2.24, 2.45) is 16.8 Å². The van der Waals surface area contributed by atoms with Crippen molar-refractivity contribution in [1.82, 2.24) is 15.4 Å². The summed E-state index contributed by atoms with van der Waals surface area (Å²) in [6.07, 6.45) is 4.54. The van der Waals surface area contributed by atoms with Gasteiger partial charge in [0.25, 0.3) is 0 Å². The summed E-state index contributed by atoms with van der Waals surface area (Å²) in [5.74, 6) is 1.81. The van der Waals surface area contributed by atoms with Gasteiger partial charge in [0.2, 0.25) is 10.0 Å². The average Bonchev–Trinajstić information content (AvgIpc) is 2.46. The van der Waals surface area contributed by atoms with Crippen molar-refractivity contribution in [1.29, 1.82) is 0 Å². The lowest BCUT2D eigenvalue weighted by Crippen LogP contribution is -2.42. The van der Waals surface area contributed by atoms with Gasteiger partial charge < -0.3 is 15.4 Å². The van der Waals surface area contributed by atoms with Crippen LogP contribution < -0.4 is 15.4 Å². The molecule has 0 aromatic rings. The SMILES string of the molecule is CN=C(NCCOCCC(C)C)NCCS(=O)(=O)NCC1CCC1. The summed E-state index contributed by atoms with van der Waals surface area (Å²) in [4.78, 5) is 4.07. The molecular formula is C16H34N4O3S. The number of hydrogen-bond acceptors (Lipinski definition) is 4. The van der Waals surface area contributed by atoms with Crippen LogP contribution >= 0.6 is 0 Å². The fourth-order valence-electron chi connectivity index (χ4n) is 2.20. The first-order valence-electron chi connectivity index (χ1n) is 8.92. The van der Waals surface area contributed by atoms with Crippen molar-refractivity contribution < 1.29 is 13.2 Å². The van der Waals surface area contributed by atoms with E-state index in [-0.39, 0.29) is 5.75 Å². The molecule has 0 saturated heterocycles. The summed E-state index contributed by atoms with van der Waals surface area (Å²) in [6, 6.07) is 0. The van der Waals surface area contributed by atoms with Gasteiger partial charge in [-0.2, -0.15) is 0 Å². The number of nitrogens with zero attached hydrogens (tertiary/aromatic N) is 1. The lowest BCUT2D eigenvalue weighted by molar-refractivity contribution is 0.128. The van der Waals surface area contributed by atoms with Gasteiger partial charge in [0.15, 0.2) is 5.96 Å². The maximum absolute atomic E-state index is 11.9. The minimum atomic E-state index is -3.22. The highest BCUT2D eigenvalue weighted by Gasteiger charge is 2.19. The molecule has 0 radical (unpaired) electrons. The Kier molecular flexibility index (Phi) is 10.3. The van der Waals surface area contributed by atoms with Crippen molar-refractivity contribution in [3.63, 3.8) is 0 Å². The molecule has 24 heavy (non-hydrogen) atoms. The molecule has 3 N–H and O–H groups in total. The van der Waals surface area contributed by atoms with E-state index in [1.54, 1.807) is 7.05 Å². The van der Waals surface area contributed by atoms with E-state index >= 15 is 0 Å². The van der Waals surface area contributed by atoms with Crippen LogP contribution in [-0.4, -0.2) is 60.0 Å². The van der Waals surface area contributed by atoms with Gasteiger partial charge in [-0.25, -0.2) is 13.1 Å². The standard InChI is InChI=1S/C16H34N4O3S/c1-14(2)7-10-23-11-8-18-16(17-3)19-9-12-24(21,22)20-13-15-5-4-6-15/h14-15,20H,4-13H2,1-3H3,(H2,17,18,19). The second-order valence-electron chi connectivity index (χ2n) is 6.68. The van der Waals surface area contributed by atoms with Crippen molar-refractivity contribution in [2.45, 2.75) is 39.5 Å². The smallest absolute Gasteiger partial charge is 0.213 e. The first-order chi connectivity index (χ1) is 11.4. The third-order valence-electron chi connectivity index (χ3n) is 4.08. The molecule has 8 heteroatoms. The summed E-state index contributed by atoms with van der Waals surface area (Å²) in [5.41, 5.74) is 0. The van der Waals surface area contributed by atoms with Crippen molar-refractivity contribution in [2.75, 3.05) is 45.6 Å². The van der Waals surface area contributed by atoms with E-state index in [0.717, 1.165) is 25.9 Å². The van der Waals surface area contributed by atoms with E-state index in [2.05, 4.69) is 34.2 Å². The van der Waals surface area contributed by atoms with Crippen molar-refractivity contribution in [3.8, 4) is 0 Å². The lowest BCUT2D eigenvalue weighted by Gasteiger charge is -2.25. The first-order valence-corrected chi connectivity index (χ1v) is 10.6. The third-order valence-corrected chi connectivity index (χ3v) is 5.43. The molecule has 0 aliphatic heterocycles. The molecule has 0 heterocycles. The number of hydrogen-bond donors (Lipinski definition) is 3. The van der Waals surface area contributed by atoms with Crippen LogP contribution in [0.3, 0.4) is 0 Å². The molecule has 0 aromatic carbocycles. The number of sulfonamides is 1. The van der Waals surface area contributed by atoms with E-state index in [1.165, 1.54) is 6.42 Å². The summed E-state index contributed by atoms with van der Waals surface area (Å²) < 4.78 is 32.0. The molecule has 0 bridgehead atoms. The first kappa shape index (κ1) is 21.2. The minimum Gasteiger partial charge on any atom is -0.380 e. The Hall–Kier alpha value is -0.860. The zero-order valence-electron chi connectivity index (χ0n) is 15.3. The second kappa shape index (κ2) is 11.7. The van der Waals surface area contributed by atoms with Crippen LogP contribution in [0.4, 0.5) is 0 Å². The Balaban J connectivity index is 2.07. The predicted molar refractivity (Wildman–Crippen MR) is 98.8 cm³/mol. The molecule has 0 unspecified atom stereocenters. The van der Waals surface area contributed by atoms with Gasteiger partial charge in [0.1, 0.15) is 0 Å². The Bertz CT molecular complexity index is 462. The molecule has 1 fully saturated rings. The van der Waals surface area contributed by atoms with Crippen LogP contribution in [0, 0.1) is 11.8 Å². The monoisotopic (exact) mass is 362 g/mol. The van der Waals surface area contributed by atoms with E-state index in [4.69, 9.17) is 4.74 Å². The van der Waals surface area contributed by atoms with Gasteiger partial charge in [-0.3, -0.25) is 4.99 Å². The Labute approximate surface area is 147 Å². The van der Waals surface area contributed by atoms with Gasteiger partial charge in [-0.05, 0) is 31.1 Å². The largest absolute Gasteiger partial charge is 0.380 e. The number of aliphatic imine (C=N–C) groups is 1. The van der Waals surface area contributed by atoms with Gasteiger partial charge in [0, 0.05) is 33.3 Å². The molecule has 1 saturated carbocycles. The fraction of sp³-hybridized carbons (Fsp3) is 0.938. The third kappa shape index (κ3) is 10.1. The number of nitrogens with one attached hydrogen (secondary N) is 3. The highest BCUT2D eigenvalue weighted by molar-refractivity contribution is 7.89. The Morgan fingerprint density at radius 1 is 1.21 bits per heavy atom. The topological polar surface area (TPSA) is 91.8 Å². The van der Waals surface area contributed by atoms with Gasteiger partial charge in [-0.1, -0.05) is 20.3 Å². The van der Waals surface area contributed by atoms with E-state index in [9.17, 15) is 8.42 Å². The lowest BCUT2D eigenvalue weighted by atomic mass is 9.86. The Morgan fingerprint density at radius 2 is 1.92 bits per heavy atom. The zero-order chi connectivity index (χ0) is 17.8. The van der Waals surface area contributed by atoms with Crippen molar-refractivity contribution in [3.05, 3.63) is 0 Å². The fourth-order valence-corrected chi connectivity index (χ4v) is 3.21. The van der Waals surface area contributed by atoms with Gasteiger partial charge >= 0.3 is 0 Å². The van der Waals surface area contributed by atoms with E-state index in [0.29, 0.717) is 44.0 Å². The number of rotatable bonds is 12. The quantitative estimate of drug-likeness (QED) is 0.273. The van der Waals surface area contributed by atoms with Crippen LogP contribution in [0.25, 0.3) is 0 Å². The molecule has 7 nitrogen and oxygen atoms in total. The maximum Gasteiger partial charge on any atom is 0.213 e. The van der Waals surface area contributed by atoms with Crippen LogP contribution in [0.1, 0.15) is 39.5 Å². The molecule has 1 rings (SSSR count). The molecular weight excluding hydrogens is 328 g/mol. The summed E-state index contributed by atoms with van der Waals surface area (Å²) in [5, 5.41) is 6.13. The van der Waals surface area contributed by atoms with Crippen LogP contribution in [-0.2, 0) is 14.8 Å². The molecule has 0 spiro atoms. The van der Waals surface area contributed by atoms with Crippen molar-refractivity contribution >= 4 is 16.0 Å². The maximum atomic E-state index is 11.9. The molecule has 0 aromatic heterocycles. The van der Waals surface area contributed by atoms with Crippen LogP contribution in [0.15, 0.2) is 4.99 Å². The average molecular weight is 363 g/mol. The number of guanidine groups is 1.